The van der Waals surface area contributed by atoms with E-state index in [-0.39, 0.29) is 30.4 Å². The van der Waals surface area contributed by atoms with Crippen LogP contribution in [0, 0.1) is 5.92 Å². The Hall–Kier alpha value is -2.41. The van der Waals surface area contributed by atoms with Gasteiger partial charge in [-0.3, -0.25) is 9.59 Å². The molecule has 0 bridgehead atoms. The molecule has 0 radical (unpaired) electrons. The van der Waals surface area contributed by atoms with Gasteiger partial charge >= 0.3 is 5.97 Å². The molecule has 1 aromatic heterocycles. The van der Waals surface area contributed by atoms with Crippen LogP contribution in [0.5, 0.6) is 0 Å². The number of carboxylic acid groups (broad SMARTS) is 1. The van der Waals surface area contributed by atoms with Gasteiger partial charge in [0.05, 0.1) is 23.6 Å². The molecule has 1 saturated carbocycles. The van der Waals surface area contributed by atoms with E-state index in [1.807, 2.05) is 24.3 Å². The second kappa shape index (κ2) is 7.86. The highest BCUT2D eigenvalue weighted by Gasteiger charge is 2.23. The summed E-state index contributed by atoms with van der Waals surface area (Å²) in [6.45, 7) is 2.01. The molecule has 1 aromatic carbocycles. The number of fused-ring (bicyclic) bond motifs is 1. The fourth-order valence-corrected chi connectivity index (χ4v) is 3.51. The largest absolute Gasteiger partial charge is 0.481 e. The molecular weight excluding hydrogens is 334 g/mol. The van der Waals surface area contributed by atoms with E-state index in [2.05, 4.69) is 17.2 Å². The van der Waals surface area contributed by atoms with E-state index in [9.17, 15) is 14.7 Å². The Morgan fingerprint density at radius 1 is 1.38 bits per heavy atom. The molecule has 2 aromatic rings. The number of aliphatic hydroxyl groups is 1. The lowest BCUT2D eigenvalue weighted by Crippen LogP contribution is -2.32. The Balaban J connectivity index is 1.90. The summed E-state index contributed by atoms with van der Waals surface area (Å²) < 4.78 is 1.77. The second-order valence-corrected chi connectivity index (χ2v) is 7.14. The van der Waals surface area contributed by atoms with Crippen molar-refractivity contribution in [1.82, 2.24) is 9.55 Å². The van der Waals surface area contributed by atoms with E-state index in [0.29, 0.717) is 11.4 Å². The van der Waals surface area contributed by atoms with Crippen molar-refractivity contribution >= 4 is 22.8 Å². The number of nitrogens with zero attached hydrogens (tertiary/aromatic N) is 2. The molecule has 1 heterocycles. The van der Waals surface area contributed by atoms with Crippen LogP contribution in [0.4, 0.5) is 5.82 Å². The Morgan fingerprint density at radius 2 is 2.12 bits per heavy atom. The van der Waals surface area contributed by atoms with Crippen molar-refractivity contribution in [2.45, 2.75) is 51.2 Å². The first kappa shape index (κ1) is 18.4. The quantitative estimate of drug-likeness (QED) is 0.668. The highest BCUT2D eigenvalue weighted by molar-refractivity contribution is 5.76. The van der Waals surface area contributed by atoms with Gasteiger partial charge in [-0.15, -0.1) is 0 Å². The van der Waals surface area contributed by atoms with E-state index < -0.39 is 12.1 Å². The average Bonchev–Trinajstić information content (AvgIpc) is 2.55. The molecular formula is C19H25N3O4. The van der Waals surface area contributed by atoms with E-state index in [1.54, 1.807) is 4.57 Å². The molecule has 3 rings (SSSR count). The molecule has 0 aliphatic heterocycles. The zero-order chi connectivity index (χ0) is 18.7. The molecule has 0 saturated heterocycles. The van der Waals surface area contributed by atoms with E-state index in [1.165, 1.54) is 19.3 Å². The number of aliphatic carboxylic acids is 1. The number of para-hydroxylation sites is 2. The normalized spacial score (nSPS) is 16.8. The first-order valence-electron chi connectivity index (χ1n) is 9.10. The monoisotopic (exact) mass is 359 g/mol. The van der Waals surface area contributed by atoms with E-state index in [0.717, 1.165) is 11.9 Å². The van der Waals surface area contributed by atoms with Crippen LogP contribution in [0.3, 0.4) is 0 Å². The molecule has 0 spiro atoms. The van der Waals surface area contributed by atoms with E-state index >= 15 is 0 Å². The third-order valence-corrected chi connectivity index (χ3v) is 5.05. The molecule has 7 heteroatoms. The van der Waals surface area contributed by atoms with Gasteiger partial charge in [0.2, 0.25) is 0 Å². The number of carbonyl (C=O) groups is 1. The molecule has 26 heavy (non-hydrogen) atoms. The van der Waals surface area contributed by atoms with Crippen molar-refractivity contribution in [3.63, 3.8) is 0 Å². The van der Waals surface area contributed by atoms with Crippen LogP contribution in [0.25, 0.3) is 11.0 Å². The number of rotatable bonds is 8. The summed E-state index contributed by atoms with van der Waals surface area (Å²) in [6.07, 6.45) is 3.18. The minimum atomic E-state index is -1.09. The average molecular weight is 359 g/mol. The summed E-state index contributed by atoms with van der Waals surface area (Å²) >= 11 is 0. The SMILES string of the molecule is C[C@@H](CC1CCC1)n1c(=O)c(NCC(O)CC(=O)O)nc2ccccc21. The molecule has 140 valence electrons. The predicted molar refractivity (Wildman–Crippen MR) is 99.4 cm³/mol. The maximum absolute atomic E-state index is 13.0. The summed E-state index contributed by atoms with van der Waals surface area (Å²) in [4.78, 5) is 28.0. The van der Waals surface area contributed by atoms with Gasteiger partial charge in [-0.2, -0.15) is 0 Å². The third kappa shape index (κ3) is 4.04. The lowest BCUT2D eigenvalue weighted by molar-refractivity contribution is -0.138. The molecule has 1 aliphatic rings. The smallest absolute Gasteiger partial charge is 0.306 e. The minimum absolute atomic E-state index is 0.0378. The number of carboxylic acids is 1. The van der Waals surface area contributed by atoms with Crippen LogP contribution in [-0.2, 0) is 4.79 Å². The fourth-order valence-electron chi connectivity index (χ4n) is 3.51. The van der Waals surface area contributed by atoms with Gasteiger partial charge in [0.15, 0.2) is 5.82 Å². The standard InChI is InChI=1S/C19H25N3O4/c1-12(9-13-5-4-6-13)22-16-8-3-2-7-15(16)21-18(19(22)26)20-11-14(23)10-17(24)25/h2-3,7-8,12-14,23H,4-6,9-11H2,1H3,(H,20,21)(H,24,25)/t12-,14?/m0/s1. The number of nitrogens with one attached hydrogen (secondary N) is 1. The molecule has 7 nitrogen and oxygen atoms in total. The number of benzene rings is 1. The summed E-state index contributed by atoms with van der Waals surface area (Å²) in [5.74, 6) is -0.275. The lowest BCUT2D eigenvalue weighted by atomic mass is 9.81. The molecule has 0 amide bonds. The van der Waals surface area contributed by atoms with Gasteiger partial charge in [-0.05, 0) is 31.4 Å². The summed E-state index contributed by atoms with van der Waals surface area (Å²) in [5.41, 5.74) is 1.25. The van der Waals surface area contributed by atoms with Crippen LogP contribution in [-0.4, -0.2) is 38.4 Å². The maximum atomic E-state index is 13.0. The first-order valence-corrected chi connectivity index (χ1v) is 9.10. The highest BCUT2D eigenvalue weighted by atomic mass is 16.4. The van der Waals surface area contributed by atoms with Gasteiger partial charge in [0.25, 0.3) is 5.56 Å². The number of anilines is 1. The van der Waals surface area contributed by atoms with Crippen LogP contribution in [0.15, 0.2) is 29.1 Å². The Morgan fingerprint density at radius 3 is 2.77 bits per heavy atom. The van der Waals surface area contributed by atoms with Crippen molar-refractivity contribution < 1.29 is 15.0 Å². The molecule has 1 unspecified atom stereocenters. The summed E-state index contributed by atoms with van der Waals surface area (Å²) in [5, 5.41) is 21.3. The van der Waals surface area contributed by atoms with Crippen molar-refractivity contribution in [3.05, 3.63) is 34.6 Å². The number of aliphatic hydroxyl groups excluding tert-OH is 1. The van der Waals surface area contributed by atoms with E-state index in [4.69, 9.17) is 5.11 Å². The Kier molecular flexibility index (Phi) is 5.56. The fraction of sp³-hybridized carbons (Fsp3) is 0.526. The van der Waals surface area contributed by atoms with Gasteiger partial charge in [-0.25, -0.2) is 4.98 Å². The van der Waals surface area contributed by atoms with Crippen LogP contribution in [0.1, 0.15) is 45.1 Å². The second-order valence-electron chi connectivity index (χ2n) is 7.14. The zero-order valence-corrected chi connectivity index (χ0v) is 14.9. The lowest BCUT2D eigenvalue weighted by Gasteiger charge is -2.29. The molecule has 2 atom stereocenters. The third-order valence-electron chi connectivity index (χ3n) is 5.05. The highest BCUT2D eigenvalue weighted by Crippen LogP contribution is 2.34. The van der Waals surface area contributed by atoms with Crippen molar-refractivity contribution in [1.29, 1.82) is 0 Å². The van der Waals surface area contributed by atoms with Gasteiger partial charge in [0, 0.05) is 12.6 Å². The summed E-state index contributed by atoms with van der Waals surface area (Å²) in [7, 11) is 0. The van der Waals surface area contributed by atoms with Crippen molar-refractivity contribution in [2.24, 2.45) is 5.92 Å². The Labute approximate surface area is 151 Å². The van der Waals surface area contributed by atoms with Crippen LogP contribution >= 0.6 is 0 Å². The first-order chi connectivity index (χ1) is 12.5. The molecule has 3 N–H and O–H groups in total. The molecule has 1 fully saturated rings. The topological polar surface area (TPSA) is 104 Å². The maximum Gasteiger partial charge on any atom is 0.306 e. The number of hydrogen-bond acceptors (Lipinski definition) is 5. The zero-order valence-electron chi connectivity index (χ0n) is 14.9. The van der Waals surface area contributed by atoms with Gasteiger partial charge in [-0.1, -0.05) is 31.4 Å². The van der Waals surface area contributed by atoms with Crippen LogP contribution in [0.2, 0.25) is 0 Å². The number of hydrogen-bond donors (Lipinski definition) is 3. The molecule has 1 aliphatic carbocycles. The summed E-state index contributed by atoms with van der Waals surface area (Å²) in [6, 6.07) is 7.54. The minimum Gasteiger partial charge on any atom is -0.481 e. The van der Waals surface area contributed by atoms with Crippen LogP contribution < -0.4 is 10.9 Å². The number of aromatic nitrogens is 2. The van der Waals surface area contributed by atoms with Crippen molar-refractivity contribution in [3.8, 4) is 0 Å². The van der Waals surface area contributed by atoms with Crippen molar-refractivity contribution in [2.75, 3.05) is 11.9 Å². The van der Waals surface area contributed by atoms with Gasteiger partial charge < -0.3 is 20.1 Å². The van der Waals surface area contributed by atoms with Gasteiger partial charge in [0.1, 0.15) is 0 Å². The Bertz CT molecular complexity index is 844. The predicted octanol–water partition coefficient (Wildman–Crippen LogP) is 2.40.